The van der Waals surface area contributed by atoms with Gasteiger partial charge >= 0.3 is 0 Å². The van der Waals surface area contributed by atoms with Gasteiger partial charge in [-0.3, -0.25) is 9.00 Å². The number of hydrogen-bond acceptors (Lipinski definition) is 2. The van der Waals surface area contributed by atoms with E-state index in [0.29, 0.717) is 11.3 Å². The van der Waals surface area contributed by atoms with Crippen LogP contribution in [0.15, 0.2) is 30.3 Å². The molecule has 1 aromatic rings. The van der Waals surface area contributed by atoms with E-state index in [2.05, 4.69) is 5.32 Å². The van der Waals surface area contributed by atoms with Crippen LogP contribution in [0, 0.1) is 0 Å². The fourth-order valence-electron chi connectivity index (χ4n) is 1.31. The Morgan fingerprint density at radius 1 is 1.38 bits per heavy atom. The van der Waals surface area contributed by atoms with E-state index < -0.39 is 10.8 Å². The first-order valence-electron chi connectivity index (χ1n) is 5.25. The summed E-state index contributed by atoms with van der Waals surface area (Å²) in [7, 11) is -0.797. The quantitative estimate of drug-likeness (QED) is 0.848. The first-order valence-corrected chi connectivity index (χ1v) is 6.98. The lowest BCUT2D eigenvalue weighted by Crippen LogP contribution is -2.33. The topological polar surface area (TPSA) is 46.2 Å². The number of hydrogen-bond donors (Lipinski definition) is 1. The third kappa shape index (κ3) is 4.57. The van der Waals surface area contributed by atoms with Gasteiger partial charge in [-0.05, 0) is 25.5 Å². The summed E-state index contributed by atoms with van der Waals surface area (Å²) in [6.45, 7) is 1.92. The van der Waals surface area contributed by atoms with Crippen molar-refractivity contribution in [2.75, 3.05) is 12.0 Å². The van der Waals surface area contributed by atoms with Gasteiger partial charge in [0.2, 0.25) is 0 Å². The van der Waals surface area contributed by atoms with Gasteiger partial charge in [0.25, 0.3) is 5.91 Å². The lowest BCUT2D eigenvalue weighted by atomic mass is 10.2. The Morgan fingerprint density at radius 3 is 2.56 bits per heavy atom. The monoisotopic (exact) mass is 239 g/mol. The minimum atomic E-state index is -0.797. The standard InChI is InChI=1S/C12H17NO2S/c1-10(8-9-16(2)15)13-12(14)11-6-4-3-5-7-11/h3-7,10H,8-9H2,1-2H3,(H,13,14). The molecular weight excluding hydrogens is 222 g/mol. The zero-order valence-corrected chi connectivity index (χ0v) is 10.4. The molecule has 0 spiro atoms. The lowest BCUT2D eigenvalue weighted by molar-refractivity contribution is 0.0939. The van der Waals surface area contributed by atoms with Crippen molar-refractivity contribution >= 4 is 16.7 Å². The van der Waals surface area contributed by atoms with E-state index in [9.17, 15) is 9.00 Å². The molecule has 0 radical (unpaired) electrons. The molecule has 1 N–H and O–H groups in total. The Kier molecular flexibility index (Phi) is 5.19. The number of rotatable bonds is 5. The average molecular weight is 239 g/mol. The Morgan fingerprint density at radius 2 is 2.00 bits per heavy atom. The van der Waals surface area contributed by atoms with Gasteiger partial charge in [0.05, 0.1) is 0 Å². The van der Waals surface area contributed by atoms with Crippen molar-refractivity contribution < 1.29 is 9.00 Å². The van der Waals surface area contributed by atoms with Crippen LogP contribution in [0.2, 0.25) is 0 Å². The van der Waals surface area contributed by atoms with Gasteiger partial charge in [-0.1, -0.05) is 18.2 Å². The van der Waals surface area contributed by atoms with Crippen molar-refractivity contribution in [2.24, 2.45) is 0 Å². The molecule has 0 heterocycles. The molecule has 0 bridgehead atoms. The number of nitrogens with one attached hydrogen (secondary N) is 1. The van der Waals surface area contributed by atoms with Crippen molar-refractivity contribution in [1.82, 2.24) is 5.32 Å². The zero-order chi connectivity index (χ0) is 12.0. The van der Waals surface area contributed by atoms with Gasteiger partial charge < -0.3 is 5.32 Å². The molecule has 3 nitrogen and oxygen atoms in total. The summed E-state index contributed by atoms with van der Waals surface area (Å²) in [6, 6.07) is 9.15. The molecule has 1 rings (SSSR count). The fourth-order valence-corrected chi connectivity index (χ4v) is 2.00. The van der Waals surface area contributed by atoms with Gasteiger partial charge in [-0.2, -0.15) is 0 Å². The number of amides is 1. The normalized spacial score (nSPS) is 14.1. The van der Waals surface area contributed by atoms with Crippen LogP contribution in [0.25, 0.3) is 0 Å². The maximum Gasteiger partial charge on any atom is 0.251 e. The van der Waals surface area contributed by atoms with Crippen molar-refractivity contribution in [1.29, 1.82) is 0 Å². The number of benzene rings is 1. The van der Waals surface area contributed by atoms with Crippen molar-refractivity contribution in [2.45, 2.75) is 19.4 Å². The van der Waals surface area contributed by atoms with Crippen LogP contribution in [-0.4, -0.2) is 28.2 Å². The van der Waals surface area contributed by atoms with E-state index >= 15 is 0 Å². The van der Waals surface area contributed by atoms with Gasteiger partial charge in [-0.25, -0.2) is 0 Å². The lowest BCUT2D eigenvalue weighted by Gasteiger charge is -2.12. The van der Waals surface area contributed by atoms with Crippen molar-refractivity contribution in [3.63, 3.8) is 0 Å². The average Bonchev–Trinajstić information content (AvgIpc) is 2.27. The molecular formula is C12H17NO2S. The van der Waals surface area contributed by atoms with E-state index in [1.54, 1.807) is 18.4 Å². The van der Waals surface area contributed by atoms with Gasteiger partial charge in [0.1, 0.15) is 0 Å². The molecule has 4 heteroatoms. The van der Waals surface area contributed by atoms with E-state index in [4.69, 9.17) is 0 Å². The van der Waals surface area contributed by atoms with E-state index in [1.807, 2.05) is 25.1 Å². The largest absolute Gasteiger partial charge is 0.350 e. The SMILES string of the molecule is CC(CCS(C)=O)NC(=O)c1ccccc1. The molecule has 0 saturated heterocycles. The molecule has 1 amide bonds. The predicted octanol–water partition coefficient (Wildman–Crippen LogP) is 1.57. The minimum Gasteiger partial charge on any atom is -0.350 e. The second-order valence-electron chi connectivity index (χ2n) is 3.81. The number of carbonyl (C=O) groups is 1. The number of carbonyl (C=O) groups excluding carboxylic acids is 1. The molecule has 2 unspecified atom stereocenters. The predicted molar refractivity (Wildman–Crippen MR) is 66.9 cm³/mol. The molecule has 0 aliphatic rings. The van der Waals surface area contributed by atoms with Gasteiger partial charge in [0, 0.05) is 34.4 Å². The summed E-state index contributed by atoms with van der Waals surface area (Å²) in [4.78, 5) is 11.7. The van der Waals surface area contributed by atoms with Crippen LogP contribution in [0.5, 0.6) is 0 Å². The summed E-state index contributed by atoms with van der Waals surface area (Å²) in [5.41, 5.74) is 0.659. The molecule has 0 aliphatic heterocycles. The van der Waals surface area contributed by atoms with Crippen molar-refractivity contribution in [3.8, 4) is 0 Å². The van der Waals surface area contributed by atoms with Crippen LogP contribution in [0.1, 0.15) is 23.7 Å². The summed E-state index contributed by atoms with van der Waals surface area (Å²) >= 11 is 0. The Balaban J connectivity index is 2.43. The maximum absolute atomic E-state index is 11.7. The Labute approximate surface area is 98.7 Å². The smallest absolute Gasteiger partial charge is 0.251 e. The highest BCUT2D eigenvalue weighted by atomic mass is 32.2. The Bertz CT molecular complexity index is 365. The van der Waals surface area contributed by atoms with E-state index in [0.717, 1.165) is 6.42 Å². The second kappa shape index (κ2) is 6.43. The molecule has 1 aromatic carbocycles. The van der Waals surface area contributed by atoms with Crippen LogP contribution in [0.4, 0.5) is 0 Å². The molecule has 0 saturated carbocycles. The summed E-state index contributed by atoms with van der Waals surface area (Å²) < 4.78 is 10.9. The Hall–Kier alpha value is -1.16. The molecule has 2 atom stereocenters. The van der Waals surface area contributed by atoms with E-state index in [1.165, 1.54) is 0 Å². The first kappa shape index (κ1) is 12.9. The highest BCUT2D eigenvalue weighted by Crippen LogP contribution is 2.00. The zero-order valence-electron chi connectivity index (χ0n) is 9.60. The second-order valence-corrected chi connectivity index (χ2v) is 5.36. The van der Waals surface area contributed by atoms with Crippen LogP contribution in [-0.2, 0) is 10.8 Å². The first-order chi connectivity index (χ1) is 7.59. The molecule has 88 valence electrons. The third-order valence-electron chi connectivity index (χ3n) is 2.25. The maximum atomic E-state index is 11.7. The van der Waals surface area contributed by atoms with Crippen LogP contribution < -0.4 is 5.32 Å². The van der Waals surface area contributed by atoms with Gasteiger partial charge in [0.15, 0.2) is 0 Å². The van der Waals surface area contributed by atoms with Gasteiger partial charge in [-0.15, -0.1) is 0 Å². The fraction of sp³-hybridized carbons (Fsp3) is 0.417. The highest BCUT2D eigenvalue weighted by Gasteiger charge is 2.09. The third-order valence-corrected chi connectivity index (χ3v) is 3.06. The van der Waals surface area contributed by atoms with Crippen LogP contribution >= 0.6 is 0 Å². The highest BCUT2D eigenvalue weighted by molar-refractivity contribution is 7.84. The molecule has 0 aliphatic carbocycles. The molecule has 0 aromatic heterocycles. The molecule has 16 heavy (non-hydrogen) atoms. The van der Waals surface area contributed by atoms with Crippen molar-refractivity contribution in [3.05, 3.63) is 35.9 Å². The minimum absolute atomic E-state index is 0.0524. The molecule has 0 fully saturated rings. The summed E-state index contributed by atoms with van der Waals surface area (Å²) in [6.07, 6.45) is 2.41. The van der Waals surface area contributed by atoms with Crippen LogP contribution in [0.3, 0.4) is 0 Å². The van der Waals surface area contributed by atoms with E-state index in [-0.39, 0.29) is 11.9 Å². The summed E-state index contributed by atoms with van der Waals surface area (Å²) in [5, 5.41) is 2.88. The summed E-state index contributed by atoms with van der Waals surface area (Å²) in [5.74, 6) is 0.547.